The average molecular weight is 312 g/mol. The van der Waals surface area contributed by atoms with Gasteiger partial charge in [0.15, 0.2) is 9.84 Å². The summed E-state index contributed by atoms with van der Waals surface area (Å²) in [6, 6.07) is 5.95. The summed E-state index contributed by atoms with van der Waals surface area (Å²) in [5.74, 6) is -1.06. The smallest absolute Gasteiger partial charge is 0.335 e. The quantitative estimate of drug-likeness (QED) is 0.837. The van der Waals surface area contributed by atoms with Crippen LogP contribution in [0.4, 0.5) is 4.79 Å². The van der Waals surface area contributed by atoms with Gasteiger partial charge in [-0.05, 0) is 17.7 Å². The predicted octanol–water partition coefficient (Wildman–Crippen LogP) is 0.325. The summed E-state index contributed by atoms with van der Waals surface area (Å²) in [6.07, 6.45) is 0. The first-order chi connectivity index (χ1) is 9.87. The molecule has 0 atom stereocenters. The fraction of sp³-hybridized carbons (Fsp3) is 0.385. The lowest BCUT2D eigenvalue weighted by molar-refractivity contribution is 0.0696. The Kier molecular flexibility index (Phi) is 4.46. The molecule has 7 nitrogen and oxygen atoms in total. The maximum absolute atomic E-state index is 11.9. The number of amides is 2. The van der Waals surface area contributed by atoms with Crippen molar-refractivity contribution in [3.8, 4) is 0 Å². The molecule has 0 saturated carbocycles. The highest BCUT2D eigenvalue weighted by molar-refractivity contribution is 7.91. The van der Waals surface area contributed by atoms with Gasteiger partial charge in [0.05, 0.1) is 17.1 Å². The topological polar surface area (TPSA) is 104 Å². The number of carboxylic acids is 1. The van der Waals surface area contributed by atoms with Crippen molar-refractivity contribution in [2.24, 2.45) is 0 Å². The van der Waals surface area contributed by atoms with E-state index in [-0.39, 0.29) is 42.7 Å². The van der Waals surface area contributed by atoms with Crippen LogP contribution < -0.4 is 5.32 Å². The molecule has 2 N–H and O–H groups in total. The second-order valence-corrected chi connectivity index (χ2v) is 7.11. The van der Waals surface area contributed by atoms with Crippen molar-refractivity contribution in [3.63, 3.8) is 0 Å². The van der Waals surface area contributed by atoms with Crippen LogP contribution >= 0.6 is 0 Å². The first kappa shape index (κ1) is 15.3. The molecular formula is C13H16N2O5S. The van der Waals surface area contributed by atoms with Crippen molar-refractivity contribution in [2.75, 3.05) is 24.6 Å². The van der Waals surface area contributed by atoms with Crippen LogP contribution in [-0.4, -0.2) is 55.0 Å². The van der Waals surface area contributed by atoms with Crippen molar-refractivity contribution >= 4 is 21.8 Å². The summed E-state index contributed by atoms with van der Waals surface area (Å²) in [4.78, 5) is 24.2. The van der Waals surface area contributed by atoms with E-state index >= 15 is 0 Å². The number of carboxylic acid groups (broad SMARTS) is 1. The maximum Gasteiger partial charge on any atom is 0.335 e. The molecule has 1 aliphatic rings. The Morgan fingerprint density at radius 3 is 2.52 bits per heavy atom. The van der Waals surface area contributed by atoms with Crippen LogP contribution in [0.2, 0.25) is 0 Å². The zero-order chi connectivity index (χ0) is 15.5. The number of carbonyl (C=O) groups is 2. The molecule has 1 saturated heterocycles. The number of rotatable bonds is 3. The molecule has 1 heterocycles. The van der Waals surface area contributed by atoms with Crippen LogP contribution in [0.15, 0.2) is 24.3 Å². The van der Waals surface area contributed by atoms with Crippen LogP contribution in [0.3, 0.4) is 0 Å². The molecule has 2 amide bonds. The molecule has 0 radical (unpaired) electrons. The van der Waals surface area contributed by atoms with Gasteiger partial charge in [-0.2, -0.15) is 0 Å². The highest BCUT2D eigenvalue weighted by Crippen LogP contribution is 2.07. The van der Waals surface area contributed by atoms with E-state index in [1.54, 1.807) is 12.1 Å². The SMILES string of the molecule is O=C(O)c1cccc(CNC(=O)N2CCS(=O)(=O)CC2)c1. The van der Waals surface area contributed by atoms with E-state index in [1.807, 2.05) is 0 Å². The molecule has 1 fully saturated rings. The van der Waals surface area contributed by atoms with Crippen molar-refractivity contribution in [1.82, 2.24) is 10.2 Å². The van der Waals surface area contributed by atoms with Crippen LogP contribution in [0.1, 0.15) is 15.9 Å². The minimum atomic E-state index is -3.02. The minimum absolute atomic E-state index is 0.0189. The average Bonchev–Trinajstić information content (AvgIpc) is 2.45. The Morgan fingerprint density at radius 2 is 1.90 bits per heavy atom. The Balaban J connectivity index is 1.90. The van der Waals surface area contributed by atoms with Gasteiger partial charge in [-0.15, -0.1) is 0 Å². The highest BCUT2D eigenvalue weighted by atomic mass is 32.2. The zero-order valence-electron chi connectivity index (χ0n) is 11.3. The van der Waals surface area contributed by atoms with E-state index in [1.165, 1.54) is 17.0 Å². The molecular weight excluding hydrogens is 296 g/mol. The van der Waals surface area contributed by atoms with Gasteiger partial charge in [0.1, 0.15) is 0 Å². The number of sulfone groups is 1. The van der Waals surface area contributed by atoms with Crippen LogP contribution in [0.25, 0.3) is 0 Å². The first-order valence-corrected chi connectivity index (χ1v) is 8.25. The van der Waals surface area contributed by atoms with E-state index in [4.69, 9.17) is 5.11 Å². The van der Waals surface area contributed by atoms with Crippen molar-refractivity contribution in [1.29, 1.82) is 0 Å². The first-order valence-electron chi connectivity index (χ1n) is 6.43. The third-order valence-electron chi connectivity index (χ3n) is 3.25. The van der Waals surface area contributed by atoms with E-state index in [9.17, 15) is 18.0 Å². The number of hydrogen-bond acceptors (Lipinski definition) is 4. The van der Waals surface area contributed by atoms with Gasteiger partial charge in [-0.1, -0.05) is 12.1 Å². The lowest BCUT2D eigenvalue weighted by Crippen LogP contribution is -2.47. The van der Waals surface area contributed by atoms with E-state index in [2.05, 4.69) is 5.32 Å². The van der Waals surface area contributed by atoms with E-state index in [0.29, 0.717) is 5.56 Å². The molecule has 0 spiro atoms. The van der Waals surface area contributed by atoms with Crippen LogP contribution in [0, 0.1) is 0 Å². The second kappa shape index (κ2) is 6.13. The van der Waals surface area contributed by atoms with Crippen molar-refractivity contribution in [3.05, 3.63) is 35.4 Å². The Labute approximate surface area is 122 Å². The molecule has 2 rings (SSSR count). The minimum Gasteiger partial charge on any atom is -0.478 e. The van der Waals surface area contributed by atoms with Crippen LogP contribution in [0.5, 0.6) is 0 Å². The molecule has 1 aromatic carbocycles. The monoisotopic (exact) mass is 312 g/mol. The number of carbonyl (C=O) groups excluding carboxylic acids is 1. The molecule has 0 aliphatic carbocycles. The van der Waals surface area contributed by atoms with Gasteiger partial charge in [0, 0.05) is 19.6 Å². The second-order valence-electron chi connectivity index (χ2n) is 4.80. The van der Waals surface area contributed by atoms with Crippen molar-refractivity contribution < 1.29 is 23.1 Å². The zero-order valence-corrected chi connectivity index (χ0v) is 12.1. The summed E-state index contributed by atoms with van der Waals surface area (Å²) >= 11 is 0. The molecule has 114 valence electrons. The van der Waals surface area contributed by atoms with Crippen molar-refractivity contribution in [2.45, 2.75) is 6.54 Å². The molecule has 0 unspecified atom stereocenters. The van der Waals surface area contributed by atoms with Gasteiger partial charge in [-0.3, -0.25) is 0 Å². The van der Waals surface area contributed by atoms with E-state index < -0.39 is 15.8 Å². The molecule has 8 heteroatoms. The van der Waals surface area contributed by atoms with Gasteiger partial charge < -0.3 is 15.3 Å². The third kappa shape index (κ3) is 4.19. The standard InChI is InChI=1S/C13H16N2O5S/c16-12(17)11-3-1-2-10(8-11)9-14-13(18)15-4-6-21(19,20)7-5-15/h1-3,8H,4-7,9H2,(H,14,18)(H,16,17). The lowest BCUT2D eigenvalue weighted by Gasteiger charge is -2.26. The number of benzene rings is 1. The Bertz CT molecular complexity index is 642. The third-order valence-corrected chi connectivity index (χ3v) is 4.86. The molecule has 1 aliphatic heterocycles. The number of nitrogens with one attached hydrogen (secondary N) is 1. The highest BCUT2D eigenvalue weighted by Gasteiger charge is 2.24. The summed E-state index contributed by atoms with van der Waals surface area (Å²) < 4.78 is 22.6. The summed E-state index contributed by atoms with van der Waals surface area (Å²) in [7, 11) is -3.02. The molecule has 0 bridgehead atoms. The molecule has 1 aromatic rings. The van der Waals surface area contributed by atoms with E-state index in [0.717, 1.165) is 0 Å². The number of nitrogens with zero attached hydrogens (tertiary/aromatic N) is 1. The fourth-order valence-electron chi connectivity index (χ4n) is 2.02. The van der Waals surface area contributed by atoms with Gasteiger partial charge in [-0.25, -0.2) is 18.0 Å². The number of urea groups is 1. The summed E-state index contributed by atoms with van der Waals surface area (Å²) in [5.41, 5.74) is 0.832. The molecule has 21 heavy (non-hydrogen) atoms. The van der Waals surface area contributed by atoms with Gasteiger partial charge in [0.2, 0.25) is 0 Å². The Hall–Kier alpha value is -2.09. The number of hydrogen-bond donors (Lipinski definition) is 2. The van der Waals surface area contributed by atoms with Crippen LogP contribution in [-0.2, 0) is 16.4 Å². The van der Waals surface area contributed by atoms with Gasteiger partial charge >= 0.3 is 12.0 Å². The largest absolute Gasteiger partial charge is 0.478 e. The normalized spacial score (nSPS) is 17.2. The Morgan fingerprint density at radius 1 is 1.24 bits per heavy atom. The lowest BCUT2D eigenvalue weighted by atomic mass is 10.1. The summed E-state index contributed by atoms with van der Waals surface area (Å²) in [6.45, 7) is 0.565. The van der Waals surface area contributed by atoms with Gasteiger partial charge in [0.25, 0.3) is 0 Å². The number of aromatic carboxylic acids is 1. The summed E-state index contributed by atoms with van der Waals surface area (Å²) in [5, 5.41) is 11.5. The molecule has 0 aromatic heterocycles. The fourth-order valence-corrected chi connectivity index (χ4v) is 3.22. The maximum atomic E-state index is 11.9. The predicted molar refractivity (Wildman–Crippen MR) is 75.9 cm³/mol.